The van der Waals surface area contributed by atoms with E-state index in [1.807, 2.05) is 0 Å². The van der Waals surface area contributed by atoms with Crippen molar-refractivity contribution in [1.82, 2.24) is 0 Å². The quantitative estimate of drug-likeness (QED) is 0.447. The minimum absolute atomic E-state index is 0.305. The molecule has 0 amide bonds. The second-order valence-electron chi connectivity index (χ2n) is 3.33. The van der Waals surface area contributed by atoms with Gasteiger partial charge in [0.05, 0.1) is 13.2 Å². The van der Waals surface area contributed by atoms with Gasteiger partial charge in [0.1, 0.15) is 0 Å². The molecule has 0 aliphatic rings. The summed E-state index contributed by atoms with van der Waals surface area (Å²) >= 11 is 0. The van der Waals surface area contributed by atoms with Gasteiger partial charge < -0.3 is 14.9 Å². The van der Waals surface area contributed by atoms with Crippen molar-refractivity contribution in [1.29, 1.82) is 0 Å². The highest BCUT2D eigenvalue weighted by molar-refractivity contribution is 4.68. The molecule has 0 bridgehead atoms. The zero-order chi connectivity index (χ0) is 12.5. The Morgan fingerprint density at radius 2 is 1.12 bits per heavy atom. The number of rotatable bonds is 10. The van der Waals surface area contributed by atoms with E-state index in [1.54, 1.807) is 12.2 Å². The molecule has 16 heavy (non-hydrogen) atoms. The molecule has 0 aromatic heterocycles. The topological polar surface area (TPSA) is 49.7 Å². The fourth-order valence-electron chi connectivity index (χ4n) is 0.989. The standard InChI is InChI=1S/C7H16O2.C6H10O/c8-6-4-2-1-3-5-7-9;1-3-5-7-6-4-2/h8-9H,1-7H2;3-4H,1-2,5-6H2. The largest absolute Gasteiger partial charge is 0.396 e. The van der Waals surface area contributed by atoms with Crippen molar-refractivity contribution >= 4 is 0 Å². The Balaban J connectivity index is 0. The summed E-state index contributed by atoms with van der Waals surface area (Å²) in [5.74, 6) is 0. The van der Waals surface area contributed by atoms with Crippen LogP contribution in [0.4, 0.5) is 0 Å². The number of unbranched alkanes of at least 4 members (excludes halogenated alkanes) is 4. The first-order valence-corrected chi connectivity index (χ1v) is 5.84. The fourth-order valence-corrected chi connectivity index (χ4v) is 0.989. The Morgan fingerprint density at radius 1 is 0.750 bits per heavy atom. The molecule has 0 saturated carbocycles. The van der Waals surface area contributed by atoms with Gasteiger partial charge in [0.2, 0.25) is 0 Å². The molecule has 0 atom stereocenters. The maximum Gasteiger partial charge on any atom is 0.0649 e. The van der Waals surface area contributed by atoms with Gasteiger partial charge in [0.15, 0.2) is 0 Å². The van der Waals surface area contributed by atoms with Gasteiger partial charge in [-0.1, -0.05) is 31.4 Å². The zero-order valence-corrected chi connectivity index (χ0v) is 10.2. The first-order chi connectivity index (χ1) is 7.83. The molecule has 3 heteroatoms. The molecule has 0 unspecified atom stereocenters. The van der Waals surface area contributed by atoms with E-state index in [4.69, 9.17) is 14.9 Å². The molecule has 0 spiro atoms. The van der Waals surface area contributed by atoms with Crippen LogP contribution in [0.2, 0.25) is 0 Å². The van der Waals surface area contributed by atoms with Crippen LogP contribution in [0, 0.1) is 0 Å². The van der Waals surface area contributed by atoms with Crippen molar-refractivity contribution in [2.75, 3.05) is 26.4 Å². The highest BCUT2D eigenvalue weighted by Gasteiger charge is 1.86. The molecule has 0 rings (SSSR count). The summed E-state index contributed by atoms with van der Waals surface area (Å²) in [6, 6.07) is 0. The molecule has 0 heterocycles. The summed E-state index contributed by atoms with van der Waals surface area (Å²) in [4.78, 5) is 0. The van der Waals surface area contributed by atoms with E-state index in [0.717, 1.165) is 32.1 Å². The smallest absolute Gasteiger partial charge is 0.0649 e. The van der Waals surface area contributed by atoms with Crippen LogP contribution >= 0.6 is 0 Å². The van der Waals surface area contributed by atoms with E-state index in [-0.39, 0.29) is 0 Å². The molecule has 3 nitrogen and oxygen atoms in total. The lowest BCUT2D eigenvalue weighted by Crippen LogP contribution is -1.87. The van der Waals surface area contributed by atoms with Crippen molar-refractivity contribution in [2.24, 2.45) is 0 Å². The molecule has 0 aliphatic heterocycles. The van der Waals surface area contributed by atoms with Crippen molar-refractivity contribution in [3.63, 3.8) is 0 Å². The van der Waals surface area contributed by atoms with Crippen LogP contribution in [-0.2, 0) is 4.74 Å². The second-order valence-corrected chi connectivity index (χ2v) is 3.33. The zero-order valence-electron chi connectivity index (χ0n) is 10.2. The number of aliphatic hydroxyl groups is 2. The minimum Gasteiger partial charge on any atom is -0.396 e. The highest BCUT2D eigenvalue weighted by Crippen LogP contribution is 2.00. The van der Waals surface area contributed by atoms with E-state index in [9.17, 15) is 0 Å². The van der Waals surface area contributed by atoms with E-state index >= 15 is 0 Å². The third kappa shape index (κ3) is 23.3. The highest BCUT2D eigenvalue weighted by atomic mass is 16.5. The van der Waals surface area contributed by atoms with Gasteiger partial charge in [0, 0.05) is 13.2 Å². The molecule has 0 radical (unpaired) electrons. The Kier molecular flexibility index (Phi) is 22.0. The third-order valence-electron chi connectivity index (χ3n) is 1.79. The molecule has 0 saturated heterocycles. The van der Waals surface area contributed by atoms with Crippen molar-refractivity contribution in [3.05, 3.63) is 25.3 Å². The van der Waals surface area contributed by atoms with E-state index in [0.29, 0.717) is 26.4 Å². The summed E-state index contributed by atoms with van der Waals surface area (Å²) < 4.78 is 4.90. The second kappa shape index (κ2) is 19.9. The van der Waals surface area contributed by atoms with Crippen LogP contribution in [0.25, 0.3) is 0 Å². The summed E-state index contributed by atoms with van der Waals surface area (Å²) in [7, 11) is 0. The minimum atomic E-state index is 0.305. The van der Waals surface area contributed by atoms with Crippen LogP contribution in [-0.4, -0.2) is 36.6 Å². The number of aliphatic hydroxyl groups excluding tert-OH is 2. The summed E-state index contributed by atoms with van der Waals surface area (Å²) in [5.41, 5.74) is 0. The Labute approximate surface area is 99.4 Å². The van der Waals surface area contributed by atoms with Crippen LogP contribution in [0.3, 0.4) is 0 Å². The predicted octanol–water partition coefficient (Wildman–Crippen LogP) is 2.30. The molecule has 0 aromatic rings. The first kappa shape index (κ1) is 17.7. The van der Waals surface area contributed by atoms with Gasteiger partial charge in [-0.25, -0.2) is 0 Å². The Morgan fingerprint density at radius 3 is 1.44 bits per heavy atom. The normalized spacial score (nSPS) is 9.12. The summed E-state index contributed by atoms with van der Waals surface area (Å²) in [6.45, 7) is 8.79. The van der Waals surface area contributed by atoms with E-state index in [2.05, 4.69) is 13.2 Å². The van der Waals surface area contributed by atoms with E-state index in [1.165, 1.54) is 0 Å². The molecular formula is C13H26O3. The molecule has 0 aliphatic carbocycles. The summed E-state index contributed by atoms with van der Waals surface area (Å²) in [5, 5.41) is 16.7. The molecular weight excluding hydrogens is 204 g/mol. The maximum absolute atomic E-state index is 8.37. The molecule has 0 fully saturated rings. The SMILES string of the molecule is C=CCOCC=C.OCCCCCCCO. The fraction of sp³-hybridized carbons (Fsp3) is 0.692. The number of hydrogen-bond donors (Lipinski definition) is 2. The monoisotopic (exact) mass is 230 g/mol. The van der Waals surface area contributed by atoms with Gasteiger partial charge in [-0.2, -0.15) is 0 Å². The number of ether oxygens (including phenoxy) is 1. The van der Waals surface area contributed by atoms with Gasteiger partial charge in [-0.15, -0.1) is 13.2 Å². The van der Waals surface area contributed by atoms with Crippen LogP contribution < -0.4 is 0 Å². The van der Waals surface area contributed by atoms with Crippen molar-refractivity contribution in [3.8, 4) is 0 Å². The van der Waals surface area contributed by atoms with Crippen LogP contribution in [0.1, 0.15) is 32.1 Å². The average Bonchev–Trinajstić information content (AvgIpc) is 2.31. The number of hydrogen-bond acceptors (Lipinski definition) is 3. The maximum atomic E-state index is 8.37. The third-order valence-corrected chi connectivity index (χ3v) is 1.79. The van der Waals surface area contributed by atoms with Crippen LogP contribution in [0.5, 0.6) is 0 Å². The molecule has 2 N–H and O–H groups in total. The Hall–Kier alpha value is -0.640. The lowest BCUT2D eigenvalue weighted by atomic mass is 10.2. The molecule has 96 valence electrons. The lowest BCUT2D eigenvalue weighted by molar-refractivity contribution is 0.194. The predicted molar refractivity (Wildman–Crippen MR) is 68.5 cm³/mol. The van der Waals surface area contributed by atoms with E-state index < -0.39 is 0 Å². The average molecular weight is 230 g/mol. The van der Waals surface area contributed by atoms with Gasteiger partial charge in [-0.05, 0) is 12.8 Å². The Bertz CT molecular complexity index is 121. The van der Waals surface area contributed by atoms with Crippen molar-refractivity contribution in [2.45, 2.75) is 32.1 Å². The van der Waals surface area contributed by atoms with Gasteiger partial charge in [0.25, 0.3) is 0 Å². The van der Waals surface area contributed by atoms with Crippen molar-refractivity contribution < 1.29 is 14.9 Å². The van der Waals surface area contributed by atoms with Gasteiger partial charge in [-0.3, -0.25) is 0 Å². The lowest BCUT2D eigenvalue weighted by Gasteiger charge is -1.95. The first-order valence-electron chi connectivity index (χ1n) is 5.84. The van der Waals surface area contributed by atoms with Gasteiger partial charge >= 0.3 is 0 Å². The van der Waals surface area contributed by atoms with Crippen LogP contribution in [0.15, 0.2) is 25.3 Å². The molecule has 0 aromatic carbocycles. The summed E-state index contributed by atoms with van der Waals surface area (Å²) in [6.07, 6.45) is 8.57.